The van der Waals surface area contributed by atoms with Gasteiger partial charge in [-0.25, -0.2) is 18.1 Å². The van der Waals surface area contributed by atoms with Crippen LogP contribution in [0.2, 0.25) is 0 Å². The van der Waals surface area contributed by atoms with Crippen LogP contribution in [0, 0.1) is 6.92 Å². The first-order valence-electron chi connectivity index (χ1n) is 10.9. The lowest BCUT2D eigenvalue weighted by Gasteiger charge is -2.11. The third kappa shape index (κ3) is 3.94. The second kappa shape index (κ2) is 8.61. The van der Waals surface area contributed by atoms with E-state index in [4.69, 9.17) is 5.73 Å². The maximum atomic E-state index is 13.6. The van der Waals surface area contributed by atoms with E-state index >= 15 is 0 Å². The molecule has 5 rings (SSSR count). The van der Waals surface area contributed by atoms with Crippen molar-refractivity contribution in [2.45, 2.75) is 18.4 Å². The van der Waals surface area contributed by atoms with Crippen LogP contribution < -0.4 is 11.3 Å². The third-order valence-corrected chi connectivity index (χ3v) is 7.09. The maximum Gasteiger partial charge on any atom is 0.284 e. The highest BCUT2D eigenvalue weighted by molar-refractivity contribution is 7.90. The summed E-state index contributed by atoms with van der Waals surface area (Å²) in [4.78, 5) is 18.4. The van der Waals surface area contributed by atoms with E-state index in [0.717, 1.165) is 16.8 Å². The molecule has 0 aliphatic carbocycles. The zero-order valence-corrected chi connectivity index (χ0v) is 20.0. The molecule has 0 spiro atoms. The summed E-state index contributed by atoms with van der Waals surface area (Å²) in [7, 11) is -3.39. The summed E-state index contributed by atoms with van der Waals surface area (Å²) >= 11 is 0. The molecular formula is C26H23N5O3S. The van der Waals surface area contributed by atoms with E-state index in [0.29, 0.717) is 34.5 Å². The number of benzene rings is 3. The first-order valence-corrected chi connectivity index (χ1v) is 12.8. The summed E-state index contributed by atoms with van der Waals surface area (Å²) in [5.74, 6) is 0. The van der Waals surface area contributed by atoms with Gasteiger partial charge in [0.1, 0.15) is 11.8 Å². The normalized spacial score (nSPS) is 11.7. The van der Waals surface area contributed by atoms with Gasteiger partial charge in [-0.15, -0.1) is 0 Å². The molecule has 0 radical (unpaired) electrons. The Morgan fingerprint density at radius 3 is 2.34 bits per heavy atom. The maximum absolute atomic E-state index is 13.6. The lowest BCUT2D eigenvalue weighted by Crippen LogP contribution is -2.21. The summed E-state index contributed by atoms with van der Waals surface area (Å²) in [6.07, 6.45) is 2.67. The molecule has 9 heteroatoms. The first-order chi connectivity index (χ1) is 16.8. The fraction of sp³-hybridized carbons (Fsp3) is 0.115. The van der Waals surface area contributed by atoms with Crippen molar-refractivity contribution in [1.82, 2.24) is 19.3 Å². The lowest BCUT2D eigenvalue weighted by molar-refractivity contribution is 0.602. The van der Waals surface area contributed by atoms with Gasteiger partial charge >= 0.3 is 0 Å². The summed E-state index contributed by atoms with van der Waals surface area (Å²) < 4.78 is 27.5. The minimum atomic E-state index is -3.39. The number of fused-ring (bicyclic) bond motifs is 1. The van der Waals surface area contributed by atoms with Crippen molar-refractivity contribution in [2.75, 3.05) is 6.26 Å². The van der Waals surface area contributed by atoms with Crippen LogP contribution in [-0.2, 0) is 16.4 Å². The molecule has 0 saturated carbocycles. The SMILES string of the molecule is Cc1nn(-c2ccccc2CN)c2c(=O)n(-c3ccc(-c4ccccc4S(C)(=O)=O)cc3)cnc12. The molecule has 0 amide bonds. The smallest absolute Gasteiger partial charge is 0.284 e. The van der Waals surface area contributed by atoms with Gasteiger partial charge in [-0.2, -0.15) is 5.10 Å². The molecular weight excluding hydrogens is 462 g/mol. The zero-order chi connectivity index (χ0) is 24.7. The largest absolute Gasteiger partial charge is 0.326 e. The highest BCUT2D eigenvalue weighted by Crippen LogP contribution is 2.28. The topological polar surface area (TPSA) is 113 Å². The number of aryl methyl sites for hydroxylation is 1. The number of hydrogen-bond donors (Lipinski definition) is 1. The first kappa shape index (κ1) is 22.7. The average molecular weight is 486 g/mol. The molecule has 2 N–H and O–H groups in total. The van der Waals surface area contributed by atoms with Gasteiger partial charge in [0.2, 0.25) is 0 Å². The Labute approximate surface area is 202 Å². The molecule has 0 unspecified atom stereocenters. The molecule has 0 atom stereocenters. The average Bonchev–Trinajstić information content (AvgIpc) is 3.21. The monoisotopic (exact) mass is 485 g/mol. The molecule has 0 bridgehead atoms. The van der Waals surface area contributed by atoms with Crippen LogP contribution in [0.3, 0.4) is 0 Å². The molecule has 5 aromatic rings. The number of para-hydroxylation sites is 1. The standard InChI is InChI=1S/C26H23N5O3S/c1-17-24-25(31(29-17)22-9-5-3-7-19(22)15-27)26(32)30(16-28-24)20-13-11-18(12-14-20)21-8-4-6-10-23(21)35(2,33)34/h3-14,16H,15,27H2,1-2H3. The number of aromatic nitrogens is 4. The second-order valence-corrected chi connectivity index (χ2v) is 10.2. The van der Waals surface area contributed by atoms with E-state index in [-0.39, 0.29) is 10.5 Å². The zero-order valence-electron chi connectivity index (χ0n) is 19.2. The van der Waals surface area contributed by atoms with Gasteiger partial charge in [0.15, 0.2) is 15.4 Å². The van der Waals surface area contributed by atoms with Gasteiger partial charge < -0.3 is 5.73 Å². The van der Waals surface area contributed by atoms with Crippen molar-refractivity contribution in [3.8, 4) is 22.5 Å². The summed E-state index contributed by atoms with van der Waals surface area (Å²) in [5.41, 5.74) is 10.7. The predicted molar refractivity (Wildman–Crippen MR) is 136 cm³/mol. The van der Waals surface area contributed by atoms with Crippen LogP contribution >= 0.6 is 0 Å². The van der Waals surface area contributed by atoms with Gasteiger partial charge in [-0.1, -0.05) is 48.5 Å². The Morgan fingerprint density at radius 2 is 1.63 bits per heavy atom. The predicted octanol–water partition coefficient (Wildman–Crippen LogP) is 3.41. The quantitative estimate of drug-likeness (QED) is 0.408. The molecule has 2 heterocycles. The molecule has 8 nitrogen and oxygen atoms in total. The van der Waals surface area contributed by atoms with Gasteiger partial charge in [-0.05, 0) is 42.3 Å². The van der Waals surface area contributed by atoms with Crippen molar-refractivity contribution >= 4 is 20.9 Å². The van der Waals surface area contributed by atoms with E-state index < -0.39 is 9.84 Å². The highest BCUT2D eigenvalue weighted by Gasteiger charge is 2.18. The number of nitrogens with zero attached hydrogens (tertiary/aromatic N) is 4. The van der Waals surface area contributed by atoms with Crippen LogP contribution in [0.15, 0.2) is 88.8 Å². The van der Waals surface area contributed by atoms with Crippen molar-refractivity contribution in [3.05, 3.63) is 101 Å². The summed E-state index contributed by atoms with van der Waals surface area (Å²) in [6, 6.07) is 21.5. The number of rotatable bonds is 5. The van der Waals surface area contributed by atoms with Crippen molar-refractivity contribution in [2.24, 2.45) is 5.73 Å². The Hall–Kier alpha value is -4.08. The lowest BCUT2D eigenvalue weighted by atomic mass is 10.1. The van der Waals surface area contributed by atoms with Gasteiger partial charge in [0.25, 0.3) is 5.56 Å². The Balaban J connectivity index is 1.65. The Morgan fingerprint density at radius 1 is 0.943 bits per heavy atom. The van der Waals surface area contributed by atoms with E-state index in [9.17, 15) is 13.2 Å². The molecule has 2 aromatic heterocycles. The highest BCUT2D eigenvalue weighted by atomic mass is 32.2. The summed E-state index contributed by atoms with van der Waals surface area (Å²) in [5, 5.41) is 4.58. The summed E-state index contributed by atoms with van der Waals surface area (Å²) in [6.45, 7) is 2.12. The van der Waals surface area contributed by atoms with E-state index in [2.05, 4.69) is 10.1 Å². The van der Waals surface area contributed by atoms with Crippen LogP contribution in [0.4, 0.5) is 0 Å². The third-order valence-electron chi connectivity index (χ3n) is 5.94. The number of hydrogen-bond acceptors (Lipinski definition) is 6. The van der Waals surface area contributed by atoms with Gasteiger partial charge in [0.05, 0.1) is 22.0 Å². The van der Waals surface area contributed by atoms with Gasteiger partial charge in [0, 0.05) is 18.4 Å². The van der Waals surface area contributed by atoms with Crippen molar-refractivity contribution in [3.63, 3.8) is 0 Å². The number of nitrogens with two attached hydrogens (primary N) is 1. The van der Waals surface area contributed by atoms with Gasteiger partial charge in [-0.3, -0.25) is 9.36 Å². The van der Waals surface area contributed by atoms with Crippen LogP contribution in [0.25, 0.3) is 33.5 Å². The molecule has 3 aromatic carbocycles. The fourth-order valence-corrected chi connectivity index (χ4v) is 5.14. The minimum Gasteiger partial charge on any atom is -0.326 e. The Kier molecular flexibility index (Phi) is 5.58. The molecule has 0 aliphatic rings. The van der Waals surface area contributed by atoms with E-state index in [1.54, 1.807) is 53.2 Å². The van der Waals surface area contributed by atoms with E-state index in [1.807, 2.05) is 31.2 Å². The van der Waals surface area contributed by atoms with Crippen LogP contribution in [0.5, 0.6) is 0 Å². The fourth-order valence-electron chi connectivity index (χ4n) is 4.23. The van der Waals surface area contributed by atoms with Crippen LogP contribution in [0.1, 0.15) is 11.3 Å². The van der Waals surface area contributed by atoms with Crippen LogP contribution in [-0.4, -0.2) is 34.0 Å². The molecule has 176 valence electrons. The van der Waals surface area contributed by atoms with Crippen molar-refractivity contribution < 1.29 is 8.42 Å². The molecule has 0 aliphatic heterocycles. The molecule has 35 heavy (non-hydrogen) atoms. The minimum absolute atomic E-state index is 0.256. The molecule has 0 fully saturated rings. The van der Waals surface area contributed by atoms with Crippen molar-refractivity contribution in [1.29, 1.82) is 0 Å². The molecule has 0 saturated heterocycles. The Bertz CT molecular complexity index is 1740. The van der Waals surface area contributed by atoms with E-state index in [1.165, 1.54) is 17.2 Å². The second-order valence-electron chi connectivity index (χ2n) is 8.26. The number of sulfone groups is 1.